The number of aryl methyl sites for hydroxylation is 2. The Labute approximate surface area is 152 Å². The van der Waals surface area contributed by atoms with Crippen molar-refractivity contribution in [2.75, 3.05) is 20.1 Å². The van der Waals surface area contributed by atoms with E-state index in [1.54, 1.807) is 6.92 Å². The number of H-pyrrole nitrogens is 1. The van der Waals surface area contributed by atoms with Crippen LogP contribution in [-0.2, 0) is 14.3 Å². The van der Waals surface area contributed by atoms with Crippen molar-refractivity contribution in [3.8, 4) is 0 Å². The van der Waals surface area contributed by atoms with Crippen LogP contribution in [0.1, 0.15) is 29.3 Å². The van der Waals surface area contributed by atoms with Crippen molar-refractivity contribution in [1.82, 2.24) is 19.8 Å². The molecule has 2 aromatic rings. The normalized spacial score (nSPS) is 15.8. The largest absolute Gasteiger partial charge is 0.453 e. The predicted molar refractivity (Wildman–Crippen MR) is 94.0 cm³/mol. The van der Waals surface area contributed by atoms with E-state index in [1.165, 1.54) is 23.3 Å². The average molecular weight is 378 g/mol. The number of imide groups is 1. The molecule has 3 amide bonds. The van der Waals surface area contributed by atoms with Crippen LogP contribution in [-0.4, -0.2) is 57.8 Å². The van der Waals surface area contributed by atoms with Crippen molar-refractivity contribution in [2.45, 2.75) is 26.9 Å². The molecule has 0 aliphatic carbocycles. The quantitative estimate of drug-likeness (QED) is 0.630. The summed E-state index contributed by atoms with van der Waals surface area (Å²) in [7, 11) is 1.48. The van der Waals surface area contributed by atoms with Gasteiger partial charge >= 0.3 is 12.0 Å². The first kappa shape index (κ1) is 18.1. The third-order valence-corrected chi connectivity index (χ3v) is 5.37. The first-order chi connectivity index (χ1) is 12.2. The van der Waals surface area contributed by atoms with E-state index in [0.29, 0.717) is 10.2 Å². The van der Waals surface area contributed by atoms with Gasteiger partial charge in [-0.2, -0.15) is 0 Å². The van der Waals surface area contributed by atoms with Crippen molar-refractivity contribution in [1.29, 1.82) is 0 Å². The molecule has 0 unspecified atom stereocenters. The molecule has 1 fully saturated rings. The second-order valence-corrected chi connectivity index (χ2v) is 7.37. The number of hydrogen-bond donors (Lipinski definition) is 1. The topological polar surface area (TPSA) is 113 Å². The van der Waals surface area contributed by atoms with Gasteiger partial charge in [-0.1, -0.05) is 0 Å². The van der Waals surface area contributed by atoms with Gasteiger partial charge in [0.15, 0.2) is 11.9 Å². The molecule has 26 heavy (non-hydrogen) atoms. The van der Waals surface area contributed by atoms with Crippen molar-refractivity contribution < 1.29 is 19.1 Å². The Kier molecular flexibility index (Phi) is 4.53. The minimum atomic E-state index is -0.826. The van der Waals surface area contributed by atoms with E-state index < -0.39 is 30.6 Å². The van der Waals surface area contributed by atoms with Gasteiger partial charge in [-0.25, -0.2) is 9.78 Å². The maximum Gasteiger partial charge on any atom is 0.327 e. The van der Waals surface area contributed by atoms with E-state index >= 15 is 0 Å². The zero-order valence-electron chi connectivity index (χ0n) is 14.8. The highest BCUT2D eigenvalue weighted by Gasteiger charge is 2.35. The monoisotopic (exact) mass is 378 g/mol. The Morgan fingerprint density at radius 1 is 1.35 bits per heavy atom. The molecule has 0 spiro atoms. The number of likely N-dealkylation sites (N-methyl/N-ethyl adjacent to an activating group) is 1. The lowest BCUT2D eigenvalue weighted by Gasteiger charge is -2.16. The molecule has 0 bridgehead atoms. The van der Waals surface area contributed by atoms with Crippen LogP contribution in [0.3, 0.4) is 0 Å². The molecule has 1 atom stereocenters. The molecule has 1 saturated heterocycles. The summed E-state index contributed by atoms with van der Waals surface area (Å²) in [6.07, 6.45) is -0.826. The smallest absolute Gasteiger partial charge is 0.327 e. The number of ether oxygens (including phenoxy) is 1. The maximum absolute atomic E-state index is 12.3. The molecule has 1 aliphatic heterocycles. The number of aromatic nitrogens is 2. The highest BCUT2D eigenvalue weighted by molar-refractivity contribution is 7.18. The van der Waals surface area contributed by atoms with Gasteiger partial charge in [0.05, 0.1) is 5.39 Å². The zero-order valence-corrected chi connectivity index (χ0v) is 15.6. The number of carbonyl (C=O) groups excluding carboxylic acids is 3. The first-order valence-corrected chi connectivity index (χ1v) is 8.75. The fourth-order valence-corrected chi connectivity index (χ4v) is 3.74. The fraction of sp³-hybridized carbons (Fsp3) is 0.438. The van der Waals surface area contributed by atoms with Crippen LogP contribution in [0.15, 0.2) is 4.79 Å². The third kappa shape index (κ3) is 3.07. The Bertz CT molecular complexity index is 979. The summed E-state index contributed by atoms with van der Waals surface area (Å²) in [5.74, 6) is -0.997. The second kappa shape index (κ2) is 6.52. The summed E-state index contributed by atoms with van der Waals surface area (Å²) in [6.45, 7) is 4.79. The summed E-state index contributed by atoms with van der Waals surface area (Å²) in [5.41, 5.74) is 0.589. The highest BCUT2D eigenvalue weighted by Crippen LogP contribution is 2.26. The van der Waals surface area contributed by atoms with Gasteiger partial charge in [-0.3, -0.25) is 19.3 Å². The van der Waals surface area contributed by atoms with Gasteiger partial charge in [0.1, 0.15) is 17.9 Å². The van der Waals surface area contributed by atoms with E-state index in [0.717, 1.165) is 15.3 Å². The summed E-state index contributed by atoms with van der Waals surface area (Å²) in [4.78, 5) is 58.5. The van der Waals surface area contributed by atoms with Crippen molar-refractivity contribution in [3.05, 3.63) is 26.6 Å². The van der Waals surface area contributed by atoms with E-state index in [-0.39, 0.29) is 17.9 Å². The number of hydrogen-bond acceptors (Lipinski definition) is 7. The minimum absolute atomic E-state index is 0.0652. The number of nitrogens with zero attached hydrogens (tertiary/aromatic N) is 3. The van der Waals surface area contributed by atoms with Crippen LogP contribution in [0.2, 0.25) is 0 Å². The number of aromatic amines is 1. The lowest BCUT2D eigenvalue weighted by atomic mass is 10.2. The Balaban J connectivity index is 1.76. The van der Waals surface area contributed by atoms with Gasteiger partial charge in [0, 0.05) is 11.9 Å². The molecular weight excluding hydrogens is 360 g/mol. The Morgan fingerprint density at radius 2 is 2.04 bits per heavy atom. The second-order valence-electron chi connectivity index (χ2n) is 6.17. The number of nitrogens with one attached hydrogen (secondary N) is 1. The summed E-state index contributed by atoms with van der Waals surface area (Å²) in [6, 6.07) is -0.544. The van der Waals surface area contributed by atoms with Crippen LogP contribution in [0.5, 0.6) is 0 Å². The lowest BCUT2D eigenvalue weighted by Crippen LogP contribution is -2.37. The number of amides is 3. The molecule has 0 aromatic carbocycles. The van der Waals surface area contributed by atoms with Gasteiger partial charge in [0.2, 0.25) is 0 Å². The third-order valence-electron chi connectivity index (χ3n) is 4.27. The van der Waals surface area contributed by atoms with Crippen LogP contribution in [0.25, 0.3) is 10.2 Å². The van der Waals surface area contributed by atoms with Crippen molar-refractivity contribution >= 4 is 39.5 Å². The van der Waals surface area contributed by atoms with E-state index in [9.17, 15) is 19.2 Å². The molecule has 0 radical (unpaired) electrons. The average Bonchev–Trinajstić information content (AvgIpc) is 2.98. The number of rotatable bonds is 4. The highest BCUT2D eigenvalue weighted by atomic mass is 32.1. The minimum Gasteiger partial charge on any atom is -0.453 e. The molecule has 3 heterocycles. The summed E-state index contributed by atoms with van der Waals surface area (Å²) in [5, 5.41) is 0.533. The first-order valence-electron chi connectivity index (χ1n) is 7.94. The van der Waals surface area contributed by atoms with E-state index in [1.807, 2.05) is 13.8 Å². The number of urea groups is 1. The molecule has 10 heteroatoms. The summed E-state index contributed by atoms with van der Waals surface area (Å²) >= 11 is 1.40. The molecule has 0 saturated carbocycles. The lowest BCUT2D eigenvalue weighted by molar-refractivity contribution is -0.151. The summed E-state index contributed by atoms with van der Waals surface area (Å²) < 4.78 is 5.24. The van der Waals surface area contributed by atoms with Gasteiger partial charge in [-0.05, 0) is 26.3 Å². The molecule has 1 aliphatic rings. The number of carbonyl (C=O) groups is 3. The van der Waals surface area contributed by atoms with Crippen LogP contribution < -0.4 is 5.56 Å². The zero-order chi connectivity index (χ0) is 19.2. The number of fused-ring (bicyclic) bond motifs is 1. The standard InChI is InChI=1S/C16H18N4O5S/c1-7-9(3)26-15-12(7)14(23)17-13(18-15)8(2)25-11(22)6-20-10(21)5-19(4)16(20)24/h8H,5-6H2,1-4H3,(H,17,18,23)/t8-/m0/s1. The van der Waals surface area contributed by atoms with Gasteiger partial charge < -0.3 is 14.6 Å². The van der Waals surface area contributed by atoms with E-state index in [2.05, 4.69) is 9.97 Å². The SMILES string of the molecule is Cc1sc2nc([C@H](C)OC(=O)CN3C(=O)CN(C)C3=O)[nH]c(=O)c2c1C. The molecular formula is C16H18N4O5S. The molecule has 3 rings (SSSR count). The van der Waals surface area contributed by atoms with Crippen molar-refractivity contribution in [2.24, 2.45) is 0 Å². The number of esters is 1. The Morgan fingerprint density at radius 3 is 2.65 bits per heavy atom. The predicted octanol–water partition coefficient (Wildman–Crippen LogP) is 1.10. The van der Waals surface area contributed by atoms with Gasteiger partial charge in [-0.15, -0.1) is 11.3 Å². The van der Waals surface area contributed by atoms with Gasteiger partial charge in [0.25, 0.3) is 11.5 Å². The number of thiophene rings is 1. The maximum atomic E-state index is 12.3. The fourth-order valence-electron chi connectivity index (χ4n) is 2.71. The van der Waals surface area contributed by atoms with E-state index in [4.69, 9.17) is 4.74 Å². The molecule has 1 N–H and O–H groups in total. The molecule has 138 valence electrons. The van der Waals surface area contributed by atoms with Crippen LogP contribution in [0, 0.1) is 13.8 Å². The molecule has 9 nitrogen and oxygen atoms in total. The Hall–Kier alpha value is -2.75. The van der Waals surface area contributed by atoms with Crippen molar-refractivity contribution in [3.63, 3.8) is 0 Å². The molecule has 2 aromatic heterocycles. The van der Waals surface area contributed by atoms with Crippen LogP contribution >= 0.6 is 11.3 Å². The van der Waals surface area contributed by atoms with Crippen LogP contribution in [0.4, 0.5) is 4.79 Å².